The maximum atomic E-state index is 12.9. The average Bonchev–Trinajstić information content (AvgIpc) is 2.88. The highest BCUT2D eigenvalue weighted by atomic mass is 16.5. The number of amides is 1. The van der Waals surface area contributed by atoms with Gasteiger partial charge in [0.2, 0.25) is 0 Å². The van der Waals surface area contributed by atoms with Gasteiger partial charge in [-0.15, -0.1) is 0 Å². The Hall–Kier alpha value is -3.88. The summed E-state index contributed by atoms with van der Waals surface area (Å²) in [6.07, 6.45) is 2.70. The monoisotopic (exact) mass is 481 g/mol. The summed E-state index contributed by atoms with van der Waals surface area (Å²) in [6.45, 7) is 3.76. The van der Waals surface area contributed by atoms with Crippen LogP contribution in [0.2, 0.25) is 0 Å². The molecule has 9 heteroatoms. The Morgan fingerprint density at radius 2 is 1.80 bits per heavy atom. The number of benzene rings is 2. The Kier molecular flexibility index (Phi) is 8.83. The van der Waals surface area contributed by atoms with Crippen LogP contribution in [0, 0.1) is 0 Å². The first-order chi connectivity index (χ1) is 16.9. The maximum Gasteiger partial charge on any atom is 0.359 e. The van der Waals surface area contributed by atoms with Gasteiger partial charge in [0.25, 0.3) is 11.5 Å². The first-order valence-electron chi connectivity index (χ1n) is 11.6. The molecule has 0 aliphatic rings. The number of nitrogens with one attached hydrogen (secondary N) is 1. The molecule has 0 aliphatic carbocycles. The summed E-state index contributed by atoms with van der Waals surface area (Å²) >= 11 is 0. The Balaban J connectivity index is 1.73. The van der Waals surface area contributed by atoms with Crippen LogP contribution < -0.4 is 20.3 Å². The fourth-order valence-corrected chi connectivity index (χ4v) is 3.79. The topological polar surface area (TPSA) is 109 Å². The number of carbonyl (C=O) groups excluding carboxylic acids is 2. The lowest BCUT2D eigenvalue weighted by molar-refractivity contribution is -0.124. The van der Waals surface area contributed by atoms with Gasteiger partial charge in [0, 0.05) is 17.5 Å². The molecule has 1 aromatic heterocycles. The molecule has 9 nitrogen and oxygen atoms in total. The van der Waals surface area contributed by atoms with Crippen LogP contribution >= 0.6 is 0 Å². The number of nitrogens with zero attached hydrogens (tertiary/aromatic N) is 2. The van der Waals surface area contributed by atoms with Crippen LogP contribution in [0.5, 0.6) is 11.5 Å². The van der Waals surface area contributed by atoms with Crippen LogP contribution in [0.4, 0.5) is 0 Å². The van der Waals surface area contributed by atoms with Crippen molar-refractivity contribution < 1.29 is 23.8 Å². The summed E-state index contributed by atoms with van der Waals surface area (Å²) < 4.78 is 17.2. The van der Waals surface area contributed by atoms with Gasteiger partial charge < -0.3 is 19.5 Å². The summed E-state index contributed by atoms with van der Waals surface area (Å²) in [6, 6.07) is 11.6. The Morgan fingerprint density at radius 1 is 1.06 bits per heavy atom. The Labute approximate surface area is 204 Å². The van der Waals surface area contributed by atoms with Gasteiger partial charge in [0.15, 0.2) is 12.3 Å². The molecule has 0 radical (unpaired) electrons. The molecule has 35 heavy (non-hydrogen) atoms. The fourth-order valence-electron chi connectivity index (χ4n) is 3.79. The van der Waals surface area contributed by atoms with E-state index in [1.807, 2.05) is 0 Å². The molecular formula is C26H31N3O6. The van der Waals surface area contributed by atoms with Crippen molar-refractivity contribution >= 4 is 22.6 Å². The van der Waals surface area contributed by atoms with Gasteiger partial charge in [0.05, 0.1) is 25.6 Å². The van der Waals surface area contributed by atoms with Gasteiger partial charge in [-0.05, 0) is 37.6 Å². The molecule has 1 N–H and O–H groups in total. The zero-order chi connectivity index (χ0) is 25.4. The molecule has 1 unspecified atom stereocenters. The molecule has 2 aromatic carbocycles. The van der Waals surface area contributed by atoms with E-state index in [1.165, 1.54) is 4.68 Å². The predicted octanol–water partition coefficient (Wildman–Crippen LogP) is 3.64. The number of hydrogen-bond acceptors (Lipinski definition) is 7. The van der Waals surface area contributed by atoms with E-state index in [9.17, 15) is 14.4 Å². The van der Waals surface area contributed by atoms with Gasteiger partial charge in [-0.1, -0.05) is 38.0 Å². The molecule has 0 saturated heterocycles. The fraction of sp³-hybridized carbons (Fsp3) is 0.385. The largest absolute Gasteiger partial charge is 0.497 e. The summed E-state index contributed by atoms with van der Waals surface area (Å²) in [5.41, 5.74) is 0.470. The molecule has 0 bridgehead atoms. The van der Waals surface area contributed by atoms with Crippen LogP contribution in [-0.4, -0.2) is 42.5 Å². The second-order valence-electron chi connectivity index (χ2n) is 8.10. The number of rotatable bonds is 11. The summed E-state index contributed by atoms with van der Waals surface area (Å²) in [5, 5.41) is 7.84. The lowest BCUT2D eigenvalue weighted by Gasteiger charge is -2.18. The second kappa shape index (κ2) is 12.0. The predicted molar refractivity (Wildman–Crippen MR) is 132 cm³/mol. The summed E-state index contributed by atoms with van der Waals surface area (Å²) in [7, 11) is 3.10. The molecule has 186 valence electrons. The molecule has 3 rings (SSSR count). The van der Waals surface area contributed by atoms with Crippen LogP contribution in [0.1, 0.15) is 55.2 Å². The number of esters is 1. The third-order valence-corrected chi connectivity index (χ3v) is 5.65. The normalized spacial score (nSPS) is 11.7. The zero-order valence-electron chi connectivity index (χ0n) is 20.5. The minimum atomic E-state index is -0.771. The van der Waals surface area contributed by atoms with Gasteiger partial charge in [0.1, 0.15) is 11.5 Å². The standard InChI is InChI=1S/C26H31N3O6/c1-5-6-9-14-29-25(31)20-11-8-7-10-19(20)24(28-29)26(32)35-16-23(30)27-17(2)21-15-18(33-3)12-13-22(21)34-4/h7-8,10-13,15,17H,5-6,9,14,16H2,1-4H3,(H,27,30). The van der Waals surface area contributed by atoms with Crippen molar-refractivity contribution in [1.82, 2.24) is 15.1 Å². The van der Waals surface area contributed by atoms with Gasteiger partial charge in [-0.3, -0.25) is 9.59 Å². The van der Waals surface area contributed by atoms with E-state index < -0.39 is 24.5 Å². The van der Waals surface area contributed by atoms with Crippen molar-refractivity contribution in [3.05, 3.63) is 64.1 Å². The molecule has 0 aliphatic heterocycles. The third-order valence-electron chi connectivity index (χ3n) is 5.65. The number of fused-ring (bicyclic) bond motifs is 1. The molecule has 0 fully saturated rings. The van der Waals surface area contributed by atoms with Crippen molar-refractivity contribution in [2.75, 3.05) is 20.8 Å². The minimum absolute atomic E-state index is 0.00649. The van der Waals surface area contributed by atoms with Crippen molar-refractivity contribution in [3.8, 4) is 11.5 Å². The minimum Gasteiger partial charge on any atom is -0.497 e. The molecule has 3 aromatic rings. The van der Waals surface area contributed by atoms with Crippen molar-refractivity contribution in [2.24, 2.45) is 0 Å². The first kappa shape index (κ1) is 25.7. The number of methoxy groups -OCH3 is 2. The lowest BCUT2D eigenvalue weighted by Crippen LogP contribution is -2.32. The van der Waals surface area contributed by atoms with Crippen LogP contribution in [0.15, 0.2) is 47.3 Å². The highest BCUT2D eigenvalue weighted by Crippen LogP contribution is 2.29. The maximum absolute atomic E-state index is 12.9. The SMILES string of the molecule is CCCCCn1nc(C(=O)OCC(=O)NC(C)c2cc(OC)ccc2OC)c2ccccc2c1=O. The van der Waals surface area contributed by atoms with Crippen LogP contribution in [-0.2, 0) is 16.1 Å². The highest BCUT2D eigenvalue weighted by Gasteiger charge is 2.20. The van der Waals surface area contributed by atoms with Crippen LogP contribution in [0.3, 0.4) is 0 Å². The number of aryl methyl sites for hydroxylation is 1. The molecule has 1 heterocycles. The average molecular weight is 482 g/mol. The van der Waals surface area contributed by atoms with E-state index in [4.69, 9.17) is 14.2 Å². The quantitative estimate of drug-likeness (QED) is 0.329. The number of unbranched alkanes of at least 4 members (excludes halogenated alkanes) is 2. The third kappa shape index (κ3) is 6.17. The van der Waals surface area contributed by atoms with Gasteiger partial charge in [-0.25, -0.2) is 9.48 Å². The Morgan fingerprint density at radius 3 is 2.49 bits per heavy atom. The van der Waals surface area contributed by atoms with E-state index in [1.54, 1.807) is 63.6 Å². The number of carbonyl (C=O) groups is 2. The highest BCUT2D eigenvalue weighted by molar-refractivity contribution is 6.02. The molecule has 1 amide bonds. The van der Waals surface area contributed by atoms with E-state index in [-0.39, 0.29) is 11.3 Å². The summed E-state index contributed by atoms with van der Waals surface area (Å²) in [4.78, 5) is 38.2. The number of hydrogen-bond donors (Lipinski definition) is 1. The van der Waals surface area contributed by atoms with Crippen molar-refractivity contribution in [3.63, 3.8) is 0 Å². The molecule has 0 saturated carbocycles. The Bertz CT molecular complexity index is 1250. The lowest BCUT2D eigenvalue weighted by atomic mass is 10.1. The van der Waals surface area contributed by atoms with E-state index in [2.05, 4.69) is 17.3 Å². The number of aromatic nitrogens is 2. The molecule has 0 spiro atoms. The first-order valence-corrected chi connectivity index (χ1v) is 11.6. The number of ether oxygens (including phenoxy) is 3. The molecule has 1 atom stereocenters. The van der Waals surface area contributed by atoms with E-state index >= 15 is 0 Å². The summed E-state index contributed by atoms with van der Waals surface area (Å²) in [5.74, 6) is -0.0413. The molecular weight excluding hydrogens is 450 g/mol. The van der Waals surface area contributed by atoms with Crippen molar-refractivity contribution in [1.29, 1.82) is 0 Å². The zero-order valence-corrected chi connectivity index (χ0v) is 20.5. The van der Waals surface area contributed by atoms with Gasteiger partial charge >= 0.3 is 5.97 Å². The van der Waals surface area contributed by atoms with Crippen LogP contribution in [0.25, 0.3) is 10.8 Å². The smallest absolute Gasteiger partial charge is 0.359 e. The van der Waals surface area contributed by atoms with E-state index in [0.717, 1.165) is 24.8 Å². The van der Waals surface area contributed by atoms with Gasteiger partial charge in [-0.2, -0.15) is 5.10 Å². The second-order valence-corrected chi connectivity index (χ2v) is 8.10. The van der Waals surface area contributed by atoms with Crippen molar-refractivity contribution in [2.45, 2.75) is 45.7 Å². The van der Waals surface area contributed by atoms with E-state index in [0.29, 0.717) is 28.8 Å².